The number of benzene rings is 1. The third-order valence-corrected chi connectivity index (χ3v) is 7.86. The molecule has 2 aliphatic rings. The number of aromatic nitrogens is 5. The number of likely N-dealkylation sites (tertiary alicyclic amines) is 1. The molecular weight excluding hydrogens is 466 g/mol. The minimum Gasteiger partial charge on any atom is -0.390 e. The molecule has 11 heteroatoms. The van der Waals surface area contributed by atoms with Gasteiger partial charge in [-0.15, -0.1) is 5.10 Å². The van der Waals surface area contributed by atoms with E-state index >= 15 is 0 Å². The average molecular weight is 500 g/mol. The van der Waals surface area contributed by atoms with Crippen molar-refractivity contribution in [2.24, 2.45) is 0 Å². The number of hydrogen-bond donors (Lipinski definition) is 4. The van der Waals surface area contributed by atoms with Gasteiger partial charge in [-0.2, -0.15) is 0 Å². The van der Waals surface area contributed by atoms with E-state index in [-0.39, 0.29) is 6.04 Å². The molecule has 0 amide bonds. The molecule has 188 valence electrons. The molecule has 0 spiro atoms. The molecule has 5 rings (SSSR count). The Hall–Kier alpha value is -2.31. The fraction of sp³-hybridized carbons (Fsp3) is 0.583. The van der Waals surface area contributed by atoms with E-state index in [1.807, 2.05) is 6.07 Å². The molecule has 1 aliphatic heterocycles. The Balaban J connectivity index is 1.38. The molecule has 1 unspecified atom stereocenters. The van der Waals surface area contributed by atoms with Crippen molar-refractivity contribution in [2.75, 3.05) is 24.2 Å². The Kier molecular flexibility index (Phi) is 7.49. The third-order valence-electron chi connectivity index (χ3n) is 6.81. The number of nitrogens with one attached hydrogen (secondary N) is 1. The second-order valence-electron chi connectivity index (χ2n) is 9.45. The van der Waals surface area contributed by atoms with Crippen LogP contribution in [0.25, 0.3) is 11.2 Å². The van der Waals surface area contributed by atoms with Gasteiger partial charge < -0.3 is 20.6 Å². The minimum absolute atomic E-state index is 0.225. The van der Waals surface area contributed by atoms with E-state index in [0.717, 1.165) is 38.2 Å². The number of aliphatic hydroxyl groups is 3. The van der Waals surface area contributed by atoms with Crippen LogP contribution in [0.4, 0.5) is 5.82 Å². The summed E-state index contributed by atoms with van der Waals surface area (Å²) in [5, 5.41) is 43.7. The summed E-state index contributed by atoms with van der Waals surface area (Å²) in [5.74, 6) is 1.54. The number of aliphatic hydroxyl groups excluding tert-OH is 3. The Morgan fingerprint density at radius 3 is 2.69 bits per heavy atom. The van der Waals surface area contributed by atoms with Crippen molar-refractivity contribution in [3.8, 4) is 0 Å². The molecule has 3 heterocycles. The highest BCUT2D eigenvalue weighted by molar-refractivity contribution is 7.99. The van der Waals surface area contributed by atoms with Crippen molar-refractivity contribution in [1.29, 1.82) is 0 Å². The summed E-state index contributed by atoms with van der Waals surface area (Å²) >= 11 is 1.58. The summed E-state index contributed by atoms with van der Waals surface area (Å²) in [4.78, 5) is 11.9. The SMILES string of the molecule is CCCSc1nc(NC2CCN(Cc3ccccc3)C2)c2nnn([C@@H]3CC[C@H](O)[C@@H](O)[C@H]3O)c2n1. The molecule has 35 heavy (non-hydrogen) atoms. The van der Waals surface area contributed by atoms with Crippen LogP contribution in [0.2, 0.25) is 0 Å². The van der Waals surface area contributed by atoms with Crippen molar-refractivity contribution in [1.82, 2.24) is 29.9 Å². The van der Waals surface area contributed by atoms with Crippen LogP contribution in [0, 0.1) is 0 Å². The van der Waals surface area contributed by atoms with Crippen LogP contribution in [0.1, 0.15) is 44.2 Å². The van der Waals surface area contributed by atoms with E-state index in [4.69, 9.17) is 9.97 Å². The predicted octanol–water partition coefficient (Wildman–Crippen LogP) is 1.83. The molecule has 0 radical (unpaired) electrons. The van der Waals surface area contributed by atoms with Gasteiger partial charge >= 0.3 is 0 Å². The van der Waals surface area contributed by atoms with Gasteiger partial charge in [0.25, 0.3) is 0 Å². The van der Waals surface area contributed by atoms with E-state index < -0.39 is 24.4 Å². The van der Waals surface area contributed by atoms with Gasteiger partial charge in [-0.1, -0.05) is 54.2 Å². The summed E-state index contributed by atoms with van der Waals surface area (Å²) in [6.45, 7) is 4.93. The Bertz CT molecular complexity index is 1130. The summed E-state index contributed by atoms with van der Waals surface area (Å²) in [6.07, 6.45) is -0.487. The lowest BCUT2D eigenvalue weighted by Crippen LogP contribution is -2.47. The van der Waals surface area contributed by atoms with Gasteiger partial charge in [0.05, 0.1) is 12.1 Å². The normalized spacial score (nSPS) is 27.5. The zero-order valence-electron chi connectivity index (χ0n) is 19.9. The number of thioether (sulfide) groups is 1. The zero-order chi connectivity index (χ0) is 24.4. The Morgan fingerprint density at radius 2 is 1.89 bits per heavy atom. The number of rotatable bonds is 8. The largest absolute Gasteiger partial charge is 0.390 e. The van der Waals surface area contributed by atoms with Crippen LogP contribution >= 0.6 is 11.8 Å². The maximum Gasteiger partial charge on any atom is 0.191 e. The average Bonchev–Trinajstić information content (AvgIpc) is 3.49. The molecular formula is C24H33N7O3S. The van der Waals surface area contributed by atoms with Gasteiger partial charge in [0.15, 0.2) is 22.1 Å². The fourth-order valence-corrected chi connectivity index (χ4v) is 5.62. The lowest BCUT2D eigenvalue weighted by Gasteiger charge is -2.34. The van der Waals surface area contributed by atoms with Crippen LogP contribution in [0.5, 0.6) is 0 Å². The lowest BCUT2D eigenvalue weighted by atomic mass is 9.88. The van der Waals surface area contributed by atoms with Crippen LogP contribution < -0.4 is 5.32 Å². The second kappa shape index (κ2) is 10.8. The summed E-state index contributed by atoms with van der Waals surface area (Å²) in [5.41, 5.74) is 2.39. The highest BCUT2D eigenvalue weighted by Gasteiger charge is 2.39. The molecule has 1 aromatic carbocycles. The molecule has 10 nitrogen and oxygen atoms in total. The zero-order valence-corrected chi connectivity index (χ0v) is 20.7. The van der Waals surface area contributed by atoms with E-state index in [1.54, 1.807) is 16.4 Å². The maximum absolute atomic E-state index is 10.6. The Morgan fingerprint density at radius 1 is 1.06 bits per heavy atom. The first kappa shape index (κ1) is 24.4. The smallest absolute Gasteiger partial charge is 0.191 e. The molecule has 1 saturated heterocycles. The van der Waals surface area contributed by atoms with Crippen LogP contribution in [0.3, 0.4) is 0 Å². The molecule has 0 bridgehead atoms. The van der Waals surface area contributed by atoms with Crippen LogP contribution in [0.15, 0.2) is 35.5 Å². The standard InChI is InChI=1S/C24H33N7O3S/c1-2-12-35-24-26-22(25-16-10-11-30(14-16)13-15-6-4-3-5-7-15)19-23(27-24)31(29-28-19)17-8-9-18(32)21(34)20(17)33/h3-7,16-18,20-21,32-34H,2,8-14H2,1H3,(H,25,26,27)/t16?,17-,18+,20+,21-/m1/s1. The first-order valence-electron chi connectivity index (χ1n) is 12.4. The molecule has 4 N–H and O–H groups in total. The molecule has 1 saturated carbocycles. The second-order valence-corrected chi connectivity index (χ2v) is 10.5. The molecule has 3 aromatic rings. The number of fused-ring (bicyclic) bond motifs is 1. The van der Waals surface area contributed by atoms with Gasteiger partial charge in [-0.05, 0) is 31.2 Å². The third kappa shape index (κ3) is 5.29. The van der Waals surface area contributed by atoms with Crippen molar-refractivity contribution >= 4 is 28.7 Å². The first-order valence-corrected chi connectivity index (χ1v) is 13.3. The number of hydrogen-bond acceptors (Lipinski definition) is 10. The van der Waals surface area contributed by atoms with Crippen molar-refractivity contribution in [3.05, 3.63) is 35.9 Å². The van der Waals surface area contributed by atoms with Crippen molar-refractivity contribution in [3.63, 3.8) is 0 Å². The predicted molar refractivity (Wildman–Crippen MR) is 134 cm³/mol. The summed E-state index contributed by atoms with van der Waals surface area (Å²) in [6, 6.07) is 10.2. The van der Waals surface area contributed by atoms with Crippen LogP contribution in [-0.2, 0) is 6.54 Å². The van der Waals surface area contributed by atoms with Gasteiger partial charge in [-0.3, -0.25) is 4.90 Å². The molecule has 1 aliphatic carbocycles. The van der Waals surface area contributed by atoms with Gasteiger partial charge in [0, 0.05) is 31.4 Å². The van der Waals surface area contributed by atoms with E-state index in [9.17, 15) is 15.3 Å². The quantitative estimate of drug-likeness (QED) is 0.269. The summed E-state index contributed by atoms with van der Waals surface area (Å²) < 4.78 is 1.59. The fourth-order valence-electron chi connectivity index (χ4n) is 4.93. The molecule has 2 fully saturated rings. The highest BCUT2D eigenvalue weighted by Crippen LogP contribution is 2.33. The highest BCUT2D eigenvalue weighted by atomic mass is 32.2. The van der Waals surface area contributed by atoms with Crippen LogP contribution in [-0.4, -0.2) is 88.4 Å². The monoisotopic (exact) mass is 499 g/mol. The lowest BCUT2D eigenvalue weighted by molar-refractivity contribution is -0.107. The van der Waals surface area contributed by atoms with Gasteiger partial charge in [0.1, 0.15) is 12.2 Å². The van der Waals surface area contributed by atoms with Gasteiger partial charge in [0.2, 0.25) is 0 Å². The minimum atomic E-state index is -1.23. The van der Waals surface area contributed by atoms with E-state index in [2.05, 4.69) is 51.7 Å². The van der Waals surface area contributed by atoms with Crippen molar-refractivity contribution in [2.45, 2.75) is 74.7 Å². The molecule has 5 atom stereocenters. The van der Waals surface area contributed by atoms with Crippen molar-refractivity contribution < 1.29 is 15.3 Å². The topological polar surface area (TPSA) is 132 Å². The first-order chi connectivity index (χ1) is 17.0. The summed E-state index contributed by atoms with van der Waals surface area (Å²) in [7, 11) is 0. The number of anilines is 1. The Labute approximate surface area is 208 Å². The maximum atomic E-state index is 10.6. The molecule has 2 aromatic heterocycles. The van der Waals surface area contributed by atoms with E-state index in [0.29, 0.717) is 35.0 Å². The van der Waals surface area contributed by atoms with E-state index in [1.165, 1.54) is 5.56 Å². The number of nitrogens with zero attached hydrogens (tertiary/aromatic N) is 6. The van der Waals surface area contributed by atoms with Gasteiger partial charge in [-0.25, -0.2) is 14.6 Å².